The van der Waals surface area contributed by atoms with Crippen LogP contribution in [-0.4, -0.2) is 29.4 Å². The molecule has 20 heavy (non-hydrogen) atoms. The van der Waals surface area contributed by atoms with Crippen LogP contribution in [0.25, 0.3) is 0 Å². The molecule has 1 amide bonds. The second-order valence-electron chi connectivity index (χ2n) is 7.47. The first-order chi connectivity index (χ1) is 9.66. The van der Waals surface area contributed by atoms with Gasteiger partial charge in [-0.2, -0.15) is 0 Å². The lowest BCUT2D eigenvalue weighted by Gasteiger charge is -2.46. The topological polar surface area (TPSA) is 46.3 Å². The summed E-state index contributed by atoms with van der Waals surface area (Å²) in [5, 5.41) is 0. The minimum atomic E-state index is 0.0967. The maximum absolute atomic E-state index is 13.0. The maximum atomic E-state index is 13.0. The molecule has 0 spiro atoms. The van der Waals surface area contributed by atoms with E-state index in [9.17, 15) is 4.79 Å². The lowest BCUT2D eigenvalue weighted by atomic mass is 9.75. The van der Waals surface area contributed by atoms with E-state index < -0.39 is 0 Å². The van der Waals surface area contributed by atoms with Crippen LogP contribution in [0.2, 0.25) is 0 Å². The van der Waals surface area contributed by atoms with Gasteiger partial charge in [0.1, 0.15) is 0 Å². The molecule has 3 fully saturated rings. The summed E-state index contributed by atoms with van der Waals surface area (Å²) in [4.78, 5) is 15.3. The van der Waals surface area contributed by atoms with Crippen LogP contribution >= 0.6 is 0 Å². The monoisotopic (exact) mass is 278 g/mol. The second kappa shape index (κ2) is 6.05. The highest BCUT2D eigenvalue weighted by Gasteiger charge is 2.40. The van der Waals surface area contributed by atoms with Gasteiger partial charge in [-0.05, 0) is 56.8 Å². The van der Waals surface area contributed by atoms with E-state index in [4.69, 9.17) is 5.73 Å². The molecule has 0 bridgehead atoms. The molecule has 1 aliphatic heterocycles. The Labute approximate surface area is 123 Å². The van der Waals surface area contributed by atoms with E-state index >= 15 is 0 Å². The summed E-state index contributed by atoms with van der Waals surface area (Å²) < 4.78 is 0. The van der Waals surface area contributed by atoms with Crippen molar-refractivity contribution in [1.82, 2.24) is 4.90 Å². The summed E-state index contributed by atoms with van der Waals surface area (Å²) in [7, 11) is 0. The predicted octanol–water partition coefficient (Wildman–Crippen LogP) is 2.93. The Morgan fingerprint density at radius 2 is 1.80 bits per heavy atom. The summed E-state index contributed by atoms with van der Waals surface area (Å²) in [5.41, 5.74) is 6.27. The summed E-state index contributed by atoms with van der Waals surface area (Å²) in [5.74, 6) is 1.93. The quantitative estimate of drug-likeness (QED) is 0.801. The number of nitrogens with two attached hydrogens (primary N) is 1. The lowest BCUT2D eigenvalue weighted by Crippen LogP contribution is -2.55. The van der Waals surface area contributed by atoms with Gasteiger partial charge in [0.05, 0.1) is 5.92 Å². The van der Waals surface area contributed by atoms with Gasteiger partial charge >= 0.3 is 0 Å². The molecule has 3 aliphatic rings. The van der Waals surface area contributed by atoms with Crippen molar-refractivity contribution in [1.29, 1.82) is 0 Å². The van der Waals surface area contributed by atoms with Gasteiger partial charge in [0, 0.05) is 18.6 Å². The highest BCUT2D eigenvalue weighted by molar-refractivity contribution is 5.80. The van der Waals surface area contributed by atoms with Gasteiger partial charge < -0.3 is 10.6 Å². The molecule has 1 saturated heterocycles. The van der Waals surface area contributed by atoms with E-state index in [1.807, 2.05) is 0 Å². The Bertz CT molecular complexity index is 355. The van der Waals surface area contributed by atoms with Crippen LogP contribution in [0.1, 0.15) is 64.7 Å². The number of likely N-dealkylation sites (tertiary alicyclic amines) is 1. The molecule has 2 N–H and O–H groups in total. The molecule has 5 unspecified atom stereocenters. The Kier molecular flexibility index (Phi) is 4.34. The van der Waals surface area contributed by atoms with Crippen molar-refractivity contribution in [2.45, 2.75) is 76.8 Å². The van der Waals surface area contributed by atoms with E-state index in [0.29, 0.717) is 17.9 Å². The number of fused-ring (bicyclic) bond motifs is 1. The van der Waals surface area contributed by atoms with Crippen molar-refractivity contribution in [3.63, 3.8) is 0 Å². The van der Waals surface area contributed by atoms with Crippen molar-refractivity contribution in [2.24, 2.45) is 23.5 Å². The summed E-state index contributed by atoms with van der Waals surface area (Å²) in [6.45, 7) is 3.25. The summed E-state index contributed by atoms with van der Waals surface area (Å²) >= 11 is 0. The largest absolute Gasteiger partial charge is 0.339 e. The van der Waals surface area contributed by atoms with Gasteiger partial charge in [0.25, 0.3) is 0 Å². The zero-order valence-corrected chi connectivity index (χ0v) is 12.9. The molecule has 0 radical (unpaired) electrons. The Morgan fingerprint density at radius 3 is 2.65 bits per heavy atom. The number of hydrogen-bond donors (Lipinski definition) is 1. The standard InChI is InChI=1S/C17H30N2O/c1-12-8-9-15(18)14(11-12)17(20)19-10-4-6-13-5-2-3-7-16(13)19/h12-16H,2-11,18H2,1H3. The minimum absolute atomic E-state index is 0.0967. The van der Waals surface area contributed by atoms with Crippen LogP contribution in [0.15, 0.2) is 0 Å². The number of piperidine rings is 1. The van der Waals surface area contributed by atoms with Crippen LogP contribution < -0.4 is 5.73 Å². The van der Waals surface area contributed by atoms with Crippen LogP contribution in [0.3, 0.4) is 0 Å². The van der Waals surface area contributed by atoms with E-state index in [0.717, 1.165) is 25.3 Å². The van der Waals surface area contributed by atoms with Gasteiger partial charge in [-0.3, -0.25) is 4.79 Å². The third kappa shape index (κ3) is 2.74. The number of carbonyl (C=O) groups excluding carboxylic acids is 1. The van der Waals surface area contributed by atoms with Crippen molar-refractivity contribution in [3.05, 3.63) is 0 Å². The first-order valence-corrected chi connectivity index (χ1v) is 8.73. The molecule has 0 aromatic rings. The minimum Gasteiger partial charge on any atom is -0.339 e. The zero-order chi connectivity index (χ0) is 14.1. The van der Waals surface area contributed by atoms with Crippen LogP contribution in [0.5, 0.6) is 0 Å². The van der Waals surface area contributed by atoms with Crippen molar-refractivity contribution in [2.75, 3.05) is 6.54 Å². The Balaban J connectivity index is 1.71. The molecule has 3 heteroatoms. The number of amides is 1. The van der Waals surface area contributed by atoms with Crippen LogP contribution in [0.4, 0.5) is 0 Å². The average molecular weight is 278 g/mol. The van der Waals surface area contributed by atoms with Crippen LogP contribution in [0, 0.1) is 17.8 Å². The Morgan fingerprint density at radius 1 is 1.05 bits per heavy atom. The average Bonchev–Trinajstić information content (AvgIpc) is 2.48. The highest BCUT2D eigenvalue weighted by Crippen LogP contribution is 2.37. The predicted molar refractivity (Wildman–Crippen MR) is 81.2 cm³/mol. The van der Waals surface area contributed by atoms with Crippen molar-refractivity contribution in [3.8, 4) is 0 Å². The first kappa shape index (κ1) is 14.4. The van der Waals surface area contributed by atoms with Crippen molar-refractivity contribution >= 4 is 5.91 Å². The fourth-order valence-corrected chi connectivity index (χ4v) is 4.80. The number of nitrogens with zero attached hydrogens (tertiary/aromatic N) is 1. The fourth-order valence-electron chi connectivity index (χ4n) is 4.80. The molecule has 0 aromatic carbocycles. The van der Waals surface area contributed by atoms with Gasteiger partial charge in [-0.15, -0.1) is 0 Å². The smallest absolute Gasteiger partial charge is 0.227 e. The van der Waals surface area contributed by atoms with Crippen LogP contribution in [-0.2, 0) is 4.79 Å². The van der Waals surface area contributed by atoms with Crippen molar-refractivity contribution < 1.29 is 4.79 Å². The molecule has 5 atom stereocenters. The maximum Gasteiger partial charge on any atom is 0.227 e. The molecule has 2 aliphatic carbocycles. The first-order valence-electron chi connectivity index (χ1n) is 8.73. The molecule has 3 rings (SSSR count). The number of carbonyl (C=O) groups is 1. The molecule has 3 nitrogen and oxygen atoms in total. The van der Waals surface area contributed by atoms with Gasteiger partial charge in [0.2, 0.25) is 5.91 Å². The second-order valence-corrected chi connectivity index (χ2v) is 7.47. The molecule has 0 aromatic heterocycles. The van der Waals surface area contributed by atoms with E-state index in [2.05, 4.69) is 11.8 Å². The van der Waals surface area contributed by atoms with Gasteiger partial charge in [0.15, 0.2) is 0 Å². The summed E-state index contributed by atoms with van der Waals surface area (Å²) in [6.07, 6.45) is 11.0. The lowest BCUT2D eigenvalue weighted by molar-refractivity contribution is -0.144. The third-order valence-electron chi connectivity index (χ3n) is 6.01. The van der Waals surface area contributed by atoms with Gasteiger partial charge in [-0.25, -0.2) is 0 Å². The normalized spacial score (nSPS) is 42.1. The highest BCUT2D eigenvalue weighted by atomic mass is 16.2. The van der Waals surface area contributed by atoms with E-state index in [-0.39, 0.29) is 12.0 Å². The fraction of sp³-hybridized carbons (Fsp3) is 0.941. The SMILES string of the molecule is CC1CCC(N)C(C(=O)N2CCCC3CCCCC32)C1. The van der Waals surface area contributed by atoms with E-state index in [1.165, 1.54) is 44.9 Å². The molecular weight excluding hydrogens is 248 g/mol. The zero-order valence-electron chi connectivity index (χ0n) is 12.9. The van der Waals surface area contributed by atoms with E-state index in [1.54, 1.807) is 0 Å². The third-order valence-corrected chi connectivity index (χ3v) is 6.01. The Hall–Kier alpha value is -0.570. The summed E-state index contributed by atoms with van der Waals surface area (Å²) in [6, 6.07) is 0.636. The molecular formula is C17H30N2O. The molecule has 1 heterocycles. The number of hydrogen-bond acceptors (Lipinski definition) is 2. The molecule has 2 saturated carbocycles. The molecule has 114 valence electrons. The number of rotatable bonds is 1. The van der Waals surface area contributed by atoms with Gasteiger partial charge in [-0.1, -0.05) is 19.8 Å².